The minimum Gasteiger partial charge on any atom is -0.461 e. The van der Waals surface area contributed by atoms with E-state index < -0.39 is 11.0 Å². The van der Waals surface area contributed by atoms with E-state index in [1.54, 1.807) is 6.07 Å². The number of ketones is 1. The number of hydrogen-bond donors (Lipinski definition) is 2. The molecule has 4 aromatic carbocycles. The lowest BCUT2D eigenvalue weighted by Crippen LogP contribution is -2.18. The molecule has 31 heavy (non-hydrogen) atoms. The van der Waals surface area contributed by atoms with Crippen molar-refractivity contribution in [2.24, 2.45) is 0 Å². The van der Waals surface area contributed by atoms with Crippen LogP contribution in [0.25, 0.3) is 21.5 Å². The molecule has 2 N–H and O–H groups in total. The highest BCUT2D eigenvalue weighted by molar-refractivity contribution is 6.12. The molecule has 2 aliphatic heterocycles. The summed E-state index contributed by atoms with van der Waals surface area (Å²) < 4.78 is 6.12. The second-order valence-electron chi connectivity index (χ2n) is 7.54. The Labute approximate surface area is 176 Å². The van der Waals surface area contributed by atoms with Gasteiger partial charge < -0.3 is 15.4 Å². The van der Waals surface area contributed by atoms with Crippen LogP contribution in [0.3, 0.4) is 0 Å². The van der Waals surface area contributed by atoms with Crippen molar-refractivity contribution in [1.29, 1.82) is 0 Å². The summed E-state index contributed by atoms with van der Waals surface area (Å²) in [6.07, 6.45) is -0.828. The molecular formula is C24H15N3O4. The van der Waals surface area contributed by atoms with E-state index in [9.17, 15) is 14.9 Å². The maximum atomic E-state index is 13.4. The number of nitrogens with zero attached hydrogens (tertiary/aromatic N) is 1. The molecule has 0 fully saturated rings. The molecule has 1 atom stereocenters. The second-order valence-corrected chi connectivity index (χ2v) is 7.54. The standard InChI is InChI=1S/C24H15N3O4/c28-22-21-24(26-19-12-15(27(29)30)9-10-18(19)25-21)31-23(22)20-16-7-3-1-5-13(16)11-14-6-2-4-8-17(14)20/h1-12,23,25-26H/t23-/m0/s1. The van der Waals surface area contributed by atoms with Crippen LogP contribution in [0, 0.1) is 10.1 Å². The largest absolute Gasteiger partial charge is 0.461 e. The monoisotopic (exact) mass is 409 g/mol. The molecule has 6 rings (SSSR count). The number of carbonyl (C=O) groups excluding carboxylic acids is 1. The van der Waals surface area contributed by atoms with Crippen LogP contribution in [-0.4, -0.2) is 10.7 Å². The Hall–Kier alpha value is -4.39. The van der Waals surface area contributed by atoms with Crippen molar-refractivity contribution in [2.45, 2.75) is 6.10 Å². The number of nitro benzene ring substituents is 1. The average Bonchev–Trinajstić information content (AvgIpc) is 3.10. The van der Waals surface area contributed by atoms with Crippen molar-refractivity contribution in [1.82, 2.24) is 0 Å². The number of anilines is 2. The molecule has 0 aliphatic carbocycles. The molecule has 2 aliphatic rings. The summed E-state index contributed by atoms with van der Waals surface area (Å²) in [7, 11) is 0. The van der Waals surface area contributed by atoms with Crippen LogP contribution in [0.4, 0.5) is 17.1 Å². The van der Waals surface area contributed by atoms with E-state index in [4.69, 9.17) is 4.74 Å². The topological polar surface area (TPSA) is 93.5 Å². The second kappa shape index (κ2) is 6.30. The Balaban J connectivity index is 1.47. The van der Waals surface area contributed by atoms with Crippen LogP contribution in [-0.2, 0) is 9.53 Å². The normalized spacial score (nSPS) is 17.0. The fourth-order valence-electron chi connectivity index (χ4n) is 4.32. The number of carbonyl (C=O) groups is 1. The number of hydrogen-bond acceptors (Lipinski definition) is 6. The Kier molecular flexibility index (Phi) is 3.55. The minimum absolute atomic E-state index is 0.0435. The SMILES string of the molecule is O=C1C2=C(Nc3cc([N+](=O)[O-])ccc3N2)O[C@H]1c1c2ccccc2cc2ccccc12. The Bertz CT molecular complexity index is 1420. The van der Waals surface area contributed by atoms with Crippen molar-refractivity contribution >= 4 is 44.4 Å². The molecule has 0 spiro atoms. The Morgan fingerprint density at radius 3 is 2.19 bits per heavy atom. The highest BCUT2D eigenvalue weighted by Gasteiger charge is 2.40. The van der Waals surface area contributed by atoms with Crippen molar-refractivity contribution < 1.29 is 14.5 Å². The van der Waals surface area contributed by atoms with E-state index in [1.165, 1.54) is 12.1 Å². The lowest BCUT2D eigenvalue weighted by Gasteiger charge is -2.20. The van der Waals surface area contributed by atoms with Crippen LogP contribution >= 0.6 is 0 Å². The predicted molar refractivity (Wildman–Crippen MR) is 118 cm³/mol. The van der Waals surface area contributed by atoms with Gasteiger partial charge in [0.2, 0.25) is 11.7 Å². The molecule has 0 unspecified atom stereocenters. The molecule has 2 heterocycles. The van der Waals surface area contributed by atoms with Gasteiger partial charge in [-0.15, -0.1) is 0 Å². The Morgan fingerprint density at radius 1 is 0.839 bits per heavy atom. The summed E-state index contributed by atoms with van der Waals surface area (Å²) in [5.41, 5.74) is 2.17. The summed E-state index contributed by atoms with van der Waals surface area (Å²) in [5.74, 6) is 0.0908. The van der Waals surface area contributed by atoms with Crippen molar-refractivity contribution in [3.8, 4) is 0 Å². The van der Waals surface area contributed by atoms with Crippen molar-refractivity contribution in [2.75, 3.05) is 10.6 Å². The fraction of sp³-hybridized carbons (Fsp3) is 0.0417. The smallest absolute Gasteiger partial charge is 0.271 e. The van der Waals surface area contributed by atoms with Gasteiger partial charge in [0, 0.05) is 17.7 Å². The molecule has 7 nitrogen and oxygen atoms in total. The van der Waals surface area contributed by atoms with Gasteiger partial charge in [0.25, 0.3) is 5.69 Å². The van der Waals surface area contributed by atoms with Gasteiger partial charge in [-0.1, -0.05) is 48.5 Å². The third-order valence-electron chi connectivity index (χ3n) is 5.74. The zero-order valence-corrected chi connectivity index (χ0v) is 16.1. The van der Waals surface area contributed by atoms with E-state index in [2.05, 4.69) is 16.7 Å². The first kappa shape index (κ1) is 17.5. The highest BCUT2D eigenvalue weighted by atomic mass is 16.6. The third-order valence-corrected chi connectivity index (χ3v) is 5.74. The van der Waals surface area contributed by atoms with E-state index in [-0.39, 0.29) is 17.4 Å². The molecule has 0 radical (unpaired) electrons. The summed E-state index contributed by atoms with van der Waals surface area (Å²) >= 11 is 0. The van der Waals surface area contributed by atoms with Crippen LogP contribution in [0.1, 0.15) is 11.7 Å². The molecular weight excluding hydrogens is 394 g/mol. The summed E-state index contributed by atoms with van der Waals surface area (Å²) in [6, 6.07) is 22.3. The van der Waals surface area contributed by atoms with Gasteiger partial charge in [0.15, 0.2) is 6.10 Å². The molecule has 7 heteroatoms. The summed E-state index contributed by atoms with van der Waals surface area (Å²) in [4.78, 5) is 24.1. The molecule has 4 aromatic rings. The third kappa shape index (κ3) is 2.56. The molecule has 0 saturated heterocycles. The number of nitro groups is 1. The predicted octanol–water partition coefficient (Wildman–Crippen LogP) is 5.25. The number of non-ortho nitro benzene ring substituents is 1. The zero-order chi connectivity index (χ0) is 21.1. The maximum absolute atomic E-state index is 13.4. The first-order valence-electron chi connectivity index (χ1n) is 9.78. The van der Waals surface area contributed by atoms with Gasteiger partial charge in [-0.05, 0) is 33.7 Å². The molecule has 150 valence electrons. The number of nitrogens with one attached hydrogen (secondary N) is 2. The maximum Gasteiger partial charge on any atom is 0.271 e. The molecule has 0 bridgehead atoms. The highest BCUT2D eigenvalue weighted by Crippen LogP contribution is 2.44. The van der Waals surface area contributed by atoms with Crippen LogP contribution < -0.4 is 10.6 Å². The first-order chi connectivity index (χ1) is 15.1. The summed E-state index contributed by atoms with van der Waals surface area (Å²) in [6.45, 7) is 0. The van der Waals surface area contributed by atoms with Gasteiger partial charge in [0.05, 0.1) is 16.3 Å². The van der Waals surface area contributed by atoms with Gasteiger partial charge in [-0.3, -0.25) is 14.9 Å². The molecule has 0 aromatic heterocycles. The number of fused-ring (bicyclic) bond motifs is 3. The van der Waals surface area contributed by atoms with Crippen LogP contribution in [0.15, 0.2) is 84.4 Å². The average molecular weight is 409 g/mol. The zero-order valence-electron chi connectivity index (χ0n) is 16.1. The van der Waals surface area contributed by atoms with E-state index >= 15 is 0 Å². The summed E-state index contributed by atoms with van der Waals surface area (Å²) in [5, 5.41) is 21.2. The van der Waals surface area contributed by atoms with Crippen LogP contribution in [0.2, 0.25) is 0 Å². The fourth-order valence-corrected chi connectivity index (χ4v) is 4.32. The van der Waals surface area contributed by atoms with Crippen molar-refractivity contribution in [3.05, 3.63) is 100 Å². The quantitative estimate of drug-likeness (QED) is 0.267. The molecule has 0 amide bonds. The van der Waals surface area contributed by atoms with E-state index in [0.717, 1.165) is 27.1 Å². The minimum atomic E-state index is -0.828. The van der Waals surface area contributed by atoms with E-state index in [1.807, 2.05) is 48.5 Å². The van der Waals surface area contributed by atoms with Gasteiger partial charge in [0.1, 0.15) is 5.70 Å². The van der Waals surface area contributed by atoms with Gasteiger partial charge in [-0.25, -0.2) is 0 Å². The lowest BCUT2D eigenvalue weighted by molar-refractivity contribution is -0.384. The Morgan fingerprint density at radius 2 is 1.52 bits per heavy atom. The number of benzene rings is 4. The number of ether oxygens (including phenoxy) is 1. The molecule has 0 saturated carbocycles. The van der Waals surface area contributed by atoms with E-state index in [0.29, 0.717) is 17.1 Å². The van der Waals surface area contributed by atoms with Crippen LogP contribution in [0.5, 0.6) is 0 Å². The lowest BCUT2D eigenvalue weighted by atomic mass is 9.91. The van der Waals surface area contributed by atoms with Gasteiger partial charge in [-0.2, -0.15) is 0 Å². The number of rotatable bonds is 2. The first-order valence-corrected chi connectivity index (χ1v) is 9.78. The van der Waals surface area contributed by atoms with Gasteiger partial charge >= 0.3 is 0 Å². The number of Topliss-reactive ketones (excluding diaryl/α,β-unsaturated/α-hetero) is 1. The van der Waals surface area contributed by atoms with Crippen molar-refractivity contribution in [3.63, 3.8) is 0 Å².